The minimum Gasteiger partial charge on any atom is -0.478 e. The van der Waals surface area contributed by atoms with Crippen LogP contribution >= 0.6 is 0 Å². The molecule has 0 aliphatic carbocycles. The van der Waals surface area contributed by atoms with Crippen molar-refractivity contribution in [3.05, 3.63) is 47.5 Å². The summed E-state index contributed by atoms with van der Waals surface area (Å²) in [5.74, 6) is -0.0340. The number of amides is 2. The first-order valence-electron chi connectivity index (χ1n) is 10.5. The fraction of sp³-hybridized carbons (Fsp3) is 0.391. The van der Waals surface area contributed by atoms with Gasteiger partial charge < -0.3 is 15.4 Å². The molecule has 0 saturated heterocycles. The molecule has 8 nitrogen and oxygen atoms in total. The lowest BCUT2D eigenvalue weighted by Crippen LogP contribution is -2.37. The maximum absolute atomic E-state index is 13.2. The molecule has 172 valence electrons. The number of fused-ring (bicyclic) bond motifs is 1. The van der Waals surface area contributed by atoms with Gasteiger partial charge in [0.05, 0.1) is 17.1 Å². The molecule has 0 saturated carbocycles. The van der Waals surface area contributed by atoms with Gasteiger partial charge in [-0.2, -0.15) is 4.31 Å². The summed E-state index contributed by atoms with van der Waals surface area (Å²) in [6, 6.07) is 10.4. The summed E-state index contributed by atoms with van der Waals surface area (Å²) in [7, 11) is -2.61. The van der Waals surface area contributed by atoms with Crippen molar-refractivity contribution in [1.29, 1.82) is 0 Å². The Balaban J connectivity index is 1.76. The molecule has 1 atom stereocenters. The van der Waals surface area contributed by atoms with Crippen molar-refractivity contribution < 1.29 is 22.7 Å². The van der Waals surface area contributed by atoms with Gasteiger partial charge in [0.1, 0.15) is 5.75 Å². The maximum Gasteiger partial charge on any atom is 0.265 e. The van der Waals surface area contributed by atoms with Crippen LogP contribution in [0.1, 0.15) is 44.2 Å². The summed E-state index contributed by atoms with van der Waals surface area (Å²) in [5, 5.41) is 5.47. The fourth-order valence-electron chi connectivity index (χ4n) is 3.44. The first kappa shape index (κ1) is 23.7. The number of hydrogen-bond donors (Lipinski definition) is 2. The van der Waals surface area contributed by atoms with Gasteiger partial charge in [0, 0.05) is 18.8 Å². The van der Waals surface area contributed by atoms with E-state index in [1.54, 1.807) is 25.1 Å². The van der Waals surface area contributed by atoms with Crippen LogP contribution in [0.15, 0.2) is 41.3 Å². The molecule has 0 spiro atoms. The molecule has 0 bridgehead atoms. The fourth-order valence-corrected chi connectivity index (χ4v) is 4.78. The Morgan fingerprint density at radius 2 is 1.88 bits per heavy atom. The van der Waals surface area contributed by atoms with E-state index in [1.807, 2.05) is 19.1 Å². The third-order valence-corrected chi connectivity index (χ3v) is 7.33. The van der Waals surface area contributed by atoms with Gasteiger partial charge in [-0.05, 0) is 48.6 Å². The zero-order chi connectivity index (χ0) is 23.6. The van der Waals surface area contributed by atoms with Crippen LogP contribution in [0, 0.1) is 6.92 Å². The largest absolute Gasteiger partial charge is 0.478 e. The number of nitrogens with zero attached hydrogens (tertiary/aromatic N) is 1. The van der Waals surface area contributed by atoms with Gasteiger partial charge in [0.25, 0.3) is 5.91 Å². The molecule has 9 heteroatoms. The summed E-state index contributed by atoms with van der Waals surface area (Å²) < 4.78 is 33.0. The number of carbonyl (C=O) groups excluding carboxylic acids is 2. The third kappa shape index (κ3) is 4.94. The van der Waals surface area contributed by atoms with Gasteiger partial charge in [-0.25, -0.2) is 8.42 Å². The number of sulfonamides is 1. The van der Waals surface area contributed by atoms with Gasteiger partial charge in [0.2, 0.25) is 15.9 Å². The molecular formula is C23H29N3O5S. The number of benzene rings is 2. The highest BCUT2D eigenvalue weighted by molar-refractivity contribution is 7.89. The quantitative estimate of drug-likeness (QED) is 0.660. The molecule has 2 aromatic carbocycles. The summed E-state index contributed by atoms with van der Waals surface area (Å²) in [4.78, 5) is 24.5. The maximum atomic E-state index is 13.2. The van der Waals surface area contributed by atoms with Crippen molar-refractivity contribution in [2.45, 2.75) is 51.0 Å². The third-order valence-electron chi connectivity index (χ3n) is 5.38. The highest BCUT2D eigenvalue weighted by atomic mass is 32.2. The number of hydrogen-bond acceptors (Lipinski definition) is 5. The van der Waals surface area contributed by atoms with Gasteiger partial charge in [-0.15, -0.1) is 0 Å². The molecule has 2 N–H and O–H groups in total. The van der Waals surface area contributed by atoms with Crippen LogP contribution in [0.2, 0.25) is 0 Å². The van der Waals surface area contributed by atoms with Crippen molar-refractivity contribution in [2.24, 2.45) is 0 Å². The minimum atomic E-state index is -3.97. The average molecular weight is 460 g/mol. The Hall–Kier alpha value is -2.91. The number of carbonyl (C=O) groups is 2. The first-order chi connectivity index (χ1) is 15.0. The van der Waals surface area contributed by atoms with E-state index < -0.39 is 22.0 Å². The topological polar surface area (TPSA) is 105 Å². The van der Waals surface area contributed by atoms with Crippen molar-refractivity contribution >= 4 is 33.2 Å². The van der Waals surface area contributed by atoms with E-state index in [0.717, 1.165) is 9.87 Å². The van der Waals surface area contributed by atoms with Gasteiger partial charge in [-0.3, -0.25) is 9.59 Å². The predicted octanol–water partition coefficient (Wildman–Crippen LogP) is 3.49. The Bertz CT molecular complexity index is 1130. The second-order valence-corrected chi connectivity index (χ2v) is 10.2. The Labute approximate surface area is 189 Å². The average Bonchev–Trinajstić information content (AvgIpc) is 2.73. The summed E-state index contributed by atoms with van der Waals surface area (Å²) >= 11 is 0. The van der Waals surface area contributed by atoms with Gasteiger partial charge >= 0.3 is 0 Å². The summed E-state index contributed by atoms with van der Waals surface area (Å²) in [6.07, 6.45) is -0.217. The van der Waals surface area contributed by atoms with E-state index in [0.29, 0.717) is 35.0 Å². The van der Waals surface area contributed by atoms with Crippen LogP contribution in [-0.4, -0.2) is 44.2 Å². The number of anilines is 2. The zero-order valence-electron chi connectivity index (χ0n) is 18.9. The number of aryl methyl sites for hydroxylation is 1. The molecule has 2 amide bonds. The predicted molar refractivity (Wildman–Crippen MR) is 123 cm³/mol. The van der Waals surface area contributed by atoms with Crippen molar-refractivity contribution in [2.75, 3.05) is 24.2 Å². The molecule has 32 heavy (non-hydrogen) atoms. The molecule has 1 heterocycles. The van der Waals surface area contributed by atoms with Crippen molar-refractivity contribution in [1.82, 2.24) is 4.31 Å². The highest BCUT2D eigenvalue weighted by Gasteiger charge is 2.31. The molecule has 0 fully saturated rings. The van der Waals surface area contributed by atoms with Crippen LogP contribution in [0.5, 0.6) is 5.75 Å². The first-order valence-corrected chi connectivity index (χ1v) is 11.9. The van der Waals surface area contributed by atoms with Gasteiger partial charge in [-0.1, -0.05) is 32.9 Å². The molecular weight excluding hydrogens is 430 g/mol. The summed E-state index contributed by atoms with van der Waals surface area (Å²) in [6.45, 7) is 7.26. The lowest BCUT2D eigenvalue weighted by atomic mass is 10.0. The Morgan fingerprint density at radius 1 is 1.22 bits per heavy atom. The Morgan fingerprint density at radius 3 is 2.47 bits per heavy atom. The molecule has 0 aromatic heterocycles. The SMILES string of the molecule is CC[C@H]1Oc2cc(S(=O)(=O)N(C)CC(=O)Nc3ccc(C(C)C)cc3)c(C)cc2NC1=O. The molecule has 3 rings (SSSR count). The summed E-state index contributed by atoms with van der Waals surface area (Å²) in [5.41, 5.74) is 2.62. The number of likely N-dealkylation sites (N-methyl/N-ethyl adjacent to an activating group) is 1. The Kier molecular flexibility index (Phi) is 6.90. The van der Waals surface area contributed by atoms with Crippen LogP contribution in [0.4, 0.5) is 11.4 Å². The molecule has 1 aliphatic rings. The molecule has 0 unspecified atom stereocenters. The van der Waals surface area contributed by atoms with E-state index in [4.69, 9.17) is 4.74 Å². The lowest BCUT2D eigenvalue weighted by molar-refractivity contribution is -0.123. The van der Waals surface area contributed by atoms with E-state index >= 15 is 0 Å². The zero-order valence-corrected chi connectivity index (χ0v) is 19.7. The van der Waals surface area contributed by atoms with Crippen LogP contribution in [0.25, 0.3) is 0 Å². The van der Waals surface area contributed by atoms with E-state index in [9.17, 15) is 18.0 Å². The number of ether oxygens (including phenoxy) is 1. The van der Waals surface area contributed by atoms with E-state index in [-0.39, 0.29) is 17.3 Å². The van der Waals surface area contributed by atoms with Crippen LogP contribution in [0.3, 0.4) is 0 Å². The van der Waals surface area contributed by atoms with Crippen molar-refractivity contribution in [3.63, 3.8) is 0 Å². The lowest BCUT2D eigenvalue weighted by Gasteiger charge is -2.27. The highest BCUT2D eigenvalue weighted by Crippen LogP contribution is 2.35. The second-order valence-electron chi connectivity index (χ2n) is 8.20. The van der Waals surface area contributed by atoms with E-state index in [1.165, 1.54) is 13.1 Å². The van der Waals surface area contributed by atoms with Gasteiger partial charge in [0.15, 0.2) is 6.10 Å². The second kappa shape index (κ2) is 9.30. The van der Waals surface area contributed by atoms with E-state index in [2.05, 4.69) is 24.5 Å². The molecule has 2 aromatic rings. The molecule has 0 radical (unpaired) electrons. The van der Waals surface area contributed by atoms with Crippen LogP contribution < -0.4 is 15.4 Å². The van der Waals surface area contributed by atoms with Crippen LogP contribution in [-0.2, 0) is 19.6 Å². The standard InChI is InChI=1S/C23H29N3O5S/c1-6-19-23(28)25-18-11-15(4)21(12-20(18)31-19)32(29,30)26(5)13-22(27)24-17-9-7-16(8-10-17)14(2)3/h7-12,14,19H,6,13H2,1-5H3,(H,24,27)(H,25,28)/t19-/m1/s1. The molecule has 1 aliphatic heterocycles. The number of rotatable bonds is 7. The minimum absolute atomic E-state index is 0.0267. The van der Waals surface area contributed by atoms with Crippen molar-refractivity contribution in [3.8, 4) is 5.75 Å². The number of nitrogens with one attached hydrogen (secondary N) is 2. The normalized spacial score (nSPS) is 15.8. The monoisotopic (exact) mass is 459 g/mol. The smallest absolute Gasteiger partial charge is 0.265 e.